The van der Waals surface area contributed by atoms with E-state index in [0.29, 0.717) is 24.8 Å². The second-order valence-electron chi connectivity index (χ2n) is 10.3. The number of benzene rings is 1. The van der Waals surface area contributed by atoms with Gasteiger partial charge >= 0.3 is 0 Å². The van der Waals surface area contributed by atoms with E-state index in [1.165, 1.54) is 9.88 Å². The van der Waals surface area contributed by atoms with E-state index < -0.39 is 16.1 Å². The smallest absolute Gasteiger partial charge is 0.247 e. The van der Waals surface area contributed by atoms with Crippen molar-refractivity contribution < 1.29 is 23.0 Å². The van der Waals surface area contributed by atoms with Crippen molar-refractivity contribution in [2.75, 3.05) is 46.5 Å². The summed E-state index contributed by atoms with van der Waals surface area (Å²) in [6.07, 6.45) is 7.42. The first kappa shape index (κ1) is 25.6. The van der Waals surface area contributed by atoms with Gasteiger partial charge < -0.3 is 19.5 Å². The Morgan fingerprint density at radius 3 is 2.68 bits per heavy atom. The van der Waals surface area contributed by atoms with Crippen molar-refractivity contribution in [3.05, 3.63) is 29.8 Å². The Labute approximate surface area is 204 Å². The van der Waals surface area contributed by atoms with Crippen LogP contribution in [0.15, 0.2) is 29.2 Å². The molecule has 1 fully saturated rings. The summed E-state index contributed by atoms with van der Waals surface area (Å²) in [5.74, 6) is 1.00. The maximum absolute atomic E-state index is 13.6. The van der Waals surface area contributed by atoms with Crippen molar-refractivity contribution in [3.8, 4) is 5.75 Å². The fourth-order valence-corrected chi connectivity index (χ4v) is 7.15. The van der Waals surface area contributed by atoms with Gasteiger partial charge in [-0.2, -0.15) is 4.31 Å². The summed E-state index contributed by atoms with van der Waals surface area (Å²) >= 11 is 0. The normalized spacial score (nSPS) is 26.9. The van der Waals surface area contributed by atoms with Crippen molar-refractivity contribution in [1.82, 2.24) is 9.21 Å². The first-order valence-corrected chi connectivity index (χ1v) is 14.1. The molecule has 190 valence electrons. The third-order valence-electron chi connectivity index (χ3n) is 7.48. The summed E-state index contributed by atoms with van der Waals surface area (Å²) in [5, 5.41) is 9.83. The molecule has 4 rings (SSSR count). The molecular weight excluding hydrogens is 452 g/mol. The van der Waals surface area contributed by atoms with E-state index in [9.17, 15) is 13.5 Å². The Morgan fingerprint density at radius 2 is 2.00 bits per heavy atom. The molecule has 1 saturated heterocycles. The van der Waals surface area contributed by atoms with E-state index in [2.05, 4.69) is 18.0 Å². The van der Waals surface area contributed by atoms with Crippen molar-refractivity contribution in [3.63, 3.8) is 0 Å². The molecule has 3 atom stereocenters. The molecule has 0 aromatic heterocycles. The van der Waals surface area contributed by atoms with Gasteiger partial charge in [0.15, 0.2) is 0 Å². The third-order valence-corrected chi connectivity index (χ3v) is 9.50. The average Bonchev–Trinajstić information content (AvgIpc) is 3.36. The Morgan fingerprint density at radius 1 is 1.24 bits per heavy atom. The molecule has 1 N–H and O–H groups in total. The Bertz CT molecular complexity index is 973. The first-order chi connectivity index (χ1) is 16.3. The number of aliphatic hydroxyl groups is 1. The highest BCUT2D eigenvalue weighted by Gasteiger charge is 2.38. The predicted molar refractivity (Wildman–Crippen MR) is 133 cm³/mol. The van der Waals surface area contributed by atoms with Crippen LogP contribution in [-0.2, 0) is 14.8 Å². The summed E-state index contributed by atoms with van der Waals surface area (Å²) in [7, 11) is -1.68. The SMILES string of the molecule is C[C@H](CO)N1C[C@H](C)[C@@H](CN(C)CC2CCOCC2)Oc2cc(C3=CCCC3)ccc2S1(=O)=O. The van der Waals surface area contributed by atoms with Gasteiger partial charge in [0.05, 0.1) is 6.61 Å². The molecular formula is C26H40N2O5S. The fraction of sp³-hybridized carbons (Fsp3) is 0.692. The van der Waals surface area contributed by atoms with Crippen LogP contribution in [0.25, 0.3) is 5.57 Å². The van der Waals surface area contributed by atoms with Crippen LogP contribution < -0.4 is 4.74 Å². The van der Waals surface area contributed by atoms with Gasteiger partial charge in [0.1, 0.15) is 16.7 Å². The molecule has 1 aromatic carbocycles. The summed E-state index contributed by atoms with van der Waals surface area (Å²) < 4.78 is 40.8. The minimum Gasteiger partial charge on any atom is -0.487 e. The number of hydrogen-bond donors (Lipinski definition) is 1. The topological polar surface area (TPSA) is 79.3 Å². The van der Waals surface area contributed by atoms with Crippen LogP contribution in [0.4, 0.5) is 0 Å². The molecule has 8 heteroatoms. The molecule has 1 aromatic rings. The van der Waals surface area contributed by atoms with Gasteiger partial charge in [-0.15, -0.1) is 0 Å². The molecule has 2 heterocycles. The van der Waals surface area contributed by atoms with E-state index in [1.807, 2.05) is 19.1 Å². The number of allylic oxidation sites excluding steroid dienone is 2. The van der Waals surface area contributed by atoms with Crippen LogP contribution in [0.2, 0.25) is 0 Å². The zero-order valence-electron chi connectivity index (χ0n) is 20.8. The molecule has 0 radical (unpaired) electrons. The largest absolute Gasteiger partial charge is 0.487 e. The van der Waals surface area contributed by atoms with Gasteiger partial charge in [0.25, 0.3) is 0 Å². The number of fused-ring (bicyclic) bond motifs is 1. The molecule has 0 spiro atoms. The van der Waals surface area contributed by atoms with Crippen LogP contribution in [-0.4, -0.2) is 81.4 Å². The lowest BCUT2D eigenvalue weighted by Crippen LogP contribution is -2.50. The van der Waals surface area contributed by atoms with E-state index >= 15 is 0 Å². The molecule has 3 aliphatic rings. The molecule has 0 bridgehead atoms. The Hall–Kier alpha value is -1.45. The van der Waals surface area contributed by atoms with E-state index in [0.717, 1.165) is 57.4 Å². The number of rotatable bonds is 7. The fourth-order valence-electron chi connectivity index (χ4n) is 5.33. The highest BCUT2D eigenvalue weighted by Crippen LogP contribution is 2.37. The summed E-state index contributed by atoms with van der Waals surface area (Å²) in [6.45, 7) is 7.24. The molecule has 0 unspecified atom stereocenters. The van der Waals surface area contributed by atoms with E-state index in [1.54, 1.807) is 13.0 Å². The lowest BCUT2D eigenvalue weighted by molar-refractivity contribution is 0.0402. The number of aliphatic hydroxyl groups excluding tert-OH is 1. The van der Waals surface area contributed by atoms with Gasteiger partial charge in [-0.1, -0.05) is 19.1 Å². The summed E-state index contributed by atoms with van der Waals surface area (Å²) in [4.78, 5) is 2.51. The van der Waals surface area contributed by atoms with E-state index in [-0.39, 0.29) is 23.5 Å². The number of nitrogens with zero attached hydrogens (tertiary/aromatic N) is 2. The summed E-state index contributed by atoms with van der Waals surface area (Å²) in [5.41, 5.74) is 2.29. The van der Waals surface area contributed by atoms with Gasteiger partial charge in [0.2, 0.25) is 10.0 Å². The molecule has 34 heavy (non-hydrogen) atoms. The number of likely N-dealkylation sites (N-methyl/N-ethyl adjacent to an activating group) is 1. The van der Waals surface area contributed by atoms with Crippen LogP contribution in [0, 0.1) is 11.8 Å². The number of sulfonamides is 1. The maximum atomic E-state index is 13.6. The molecule has 0 saturated carbocycles. The maximum Gasteiger partial charge on any atom is 0.247 e. The van der Waals surface area contributed by atoms with Crippen molar-refractivity contribution in [1.29, 1.82) is 0 Å². The van der Waals surface area contributed by atoms with E-state index in [4.69, 9.17) is 9.47 Å². The zero-order chi connectivity index (χ0) is 24.3. The highest BCUT2D eigenvalue weighted by molar-refractivity contribution is 7.89. The highest BCUT2D eigenvalue weighted by atomic mass is 32.2. The van der Waals surface area contributed by atoms with Crippen LogP contribution in [0.5, 0.6) is 5.75 Å². The minimum atomic E-state index is -3.80. The van der Waals surface area contributed by atoms with Crippen LogP contribution >= 0.6 is 0 Å². The number of hydrogen-bond acceptors (Lipinski definition) is 6. The standard InChI is InChI=1S/C26H40N2O5S/c1-19-15-28(20(2)18-29)34(30,31)26-9-8-23(22-6-4-5-7-22)14-24(26)33-25(19)17-27(3)16-21-10-12-32-13-11-21/h6,8-9,14,19-21,25,29H,4-5,7,10-13,15-18H2,1-3H3/t19-,20+,25+/m0/s1. The Balaban J connectivity index is 1.64. The molecule has 7 nitrogen and oxygen atoms in total. The second-order valence-corrected chi connectivity index (χ2v) is 12.2. The summed E-state index contributed by atoms with van der Waals surface area (Å²) in [6, 6.07) is 5.00. The minimum absolute atomic E-state index is 0.0385. The van der Waals surface area contributed by atoms with Crippen molar-refractivity contribution >= 4 is 15.6 Å². The van der Waals surface area contributed by atoms with Gasteiger partial charge in [-0.3, -0.25) is 0 Å². The van der Waals surface area contributed by atoms with Gasteiger partial charge in [-0.25, -0.2) is 8.42 Å². The van der Waals surface area contributed by atoms with Gasteiger partial charge in [-0.05, 0) is 75.3 Å². The zero-order valence-corrected chi connectivity index (χ0v) is 21.6. The van der Waals surface area contributed by atoms with Crippen LogP contribution in [0.3, 0.4) is 0 Å². The third kappa shape index (κ3) is 5.68. The molecule has 1 aliphatic carbocycles. The quantitative estimate of drug-likeness (QED) is 0.629. The van der Waals surface area contributed by atoms with Crippen molar-refractivity contribution in [2.45, 2.75) is 63.0 Å². The lowest BCUT2D eigenvalue weighted by atomic mass is 9.98. The first-order valence-electron chi connectivity index (χ1n) is 12.7. The predicted octanol–water partition coefficient (Wildman–Crippen LogP) is 3.38. The number of ether oxygens (including phenoxy) is 2. The average molecular weight is 493 g/mol. The Kier molecular flexibility index (Phi) is 8.36. The van der Waals surface area contributed by atoms with Crippen LogP contribution in [0.1, 0.15) is 51.5 Å². The molecule has 0 amide bonds. The molecule has 2 aliphatic heterocycles. The van der Waals surface area contributed by atoms with Crippen molar-refractivity contribution in [2.24, 2.45) is 11.8 Å². The second kappa shape index (κ2) is 11.1. The van der Waals surface area contributed by atoms with Gasteiger partial charge in [0, 0.05) is 44.8 Å². The monoisotopic (exact) mass is 492 g/mol. The lowest BCUT2D eigenvalue weighted by Gasteiger charge is -2.38.